The number of carbonyl (C=O) groups is 2. The van der Waals surface area contributed by atoms with Crippen molar-refractivity contribution in [3.8, 4) is 0 Å². The monoisotopic (exact) mass is 573 g/mol. The molecule has 38 heavy (non-hydrogen) atoms. The fraction of sp³-hybridized carbons (Fsp3) is 0.375. The summed E-state index contributed by atoms with van der Waals surface area (Å²) in [7, 11) is 0. The van der Waals surface area contributed by atoms with E-state index in [0.29, 0.717) is 28.7 Å². The average Bonchev–Trinajstić information content (AvgIpc) is 2.94. The molecule has 2 aliphatic heterocycles. The van der Waals surface area contributed by atoms with Gasteiger partial charge in [-0.1, -0.05) is 53.2 Å². The second-order valence-electron chi connectivity index (χ2n) is 10.8. The van der Waals surface area contributed by atoms with Gasteiger partial charge in [0.2, 0.25) is 0 Å². The van der Waals surface area contributed by atoms with Crippen molar-refractivity contribution in [1.82, 2.24) is 4.90 Å². The van der Waals surface area contributed by atoms with Crippen molar-refractivity contribution < 1.29 is 9.59 Å². The number of likely N-dealkylation sites (tertiary alicyclic amines) is 1. The normalized spacial score (nSPS) is 16.9. The highest BCUT2D eigenvalue weighted by molar-refractivity contribution is 9.10. The van der Waals surface area contributed by atoms with E-state index in [-0.39, 0.29) is 11.8 Å². The Bertz CT molecular complexity index is 1250. The van der Waals surface area contributed by atoms with E-state index in [9.17, 15) is 9.59 Å². The summed E-state index contributed by atoms with van der Waals surface area (Å²) >= 11 is 3.42. The molecule has 198 valence electrons. The van der Waals surface area contributed by atoms with Crippen LogP contribution in [0.2, 0.25) is 0 Å². The minimum atomic E-state index is -0.183. The lowest BCUT2D eigenvalue weighted by atomic mass is 9.89. The van der Waals surface area contributed by atoms with E-state index in [1.165, 1.54) is 5.56 Å². The van der Waals surface area contributed by atoms with Crippen molar-refractivity contribution >= 4 is 39.1 Å². The highest BCUT2D eigenvalue weighted by Crippen LogP contribution is 2.32. The van der Waals surface area contributed by atoms with Crippen LogP contribution in [0.3, 0.4) is 0 Å². The molecule has 2 heterocycles. The third kappa shape index (κ3) is 6.47. The first-order valence-corrected chi connectivity index (χ1v) is 14.5. The van der Waals surface area contributed by atoms with Gasteiger partial charge in [-0.05, 0) is 92.0 Å². The van der Waals surface area contributed by atoms with E-state index in [4.69, 9.17) is 0 Å². The van der Waals surface area contributed by atoms with Crippen molar-refractivity contribution in [2.24, 2.45) is 11.8 Å². The Hall–Kier alpha value is -3.12. The van der Waals surface area contributed by atoms with Gasteiger partial charge >= 0.3 is 0 Å². The summed E-state index contributed by atoms with van der Waals surface area (Å²) in [4.78, 5) is 31.0. The van der Waals surface area contributed by atoms with E-state index in [1.54, 1.807) is 12.1 Å². The van der Waals surface area contributed by atoms with Gasteiger partial charge in [-0.3, -0.25) is 9.59 Å². The van der Waals surface area contributed by atoms with Crippen LogP contribution in [-0.4, -0.2) is 42.9 Å². The van der Waals surface area contributed by atoms with Gasteiger partial charge in [-0.15, -0.1) is 0 Å². The van der Waals surface area contributed by atoms with E-state index in [1.807, 2.05) is 35.2 Å². The Kier molecular flexibility index (Phi) is 8.48. The largest absolute Gasteiger partial charge is 0.371 e. The van der Waals surface area contributed by atoms with Crippen LogP contribution in [0, 0.1) is 11.8 Å². The van der Waals surface area contributed by atoms with Crippen molar-refractivity contribution in [3.05, 3.63) is 94.0 Å². The van der Waals surface area contributed by atoms with Crippen molar-refractivity contribution in [2.45, 2.75) is 39.0 Å². The molecule has 0 radical (unpaired) electrons. The molecule has 1 N–H and O–H groups in total. The molecule has 5 nitrogen and oxygen atoms in total. The van der Waals surface area contributed by atoms with Gasteiger partial charge in [0.05, 0.1) is 5.56 Å². The molecule has 2 saturated heterocycles. The lowest BCUT2D eigenvalue weighted by molar-refractivity contribution is 0.0697. The summed E-state index contributed by atoms with van der Waals surface area (Å²) in [5.74, 6) is 1.19. The molecule has 2 fully saturated rings. The molecule has 6 heteroatoms. The number of halogens is 1. The van der Waals surface area contributed by atoms with Crippen LogP contribution in [0.25, 0.3) is 0 Å². The third-order valence-corrected chi connectivity index (χ3v) is 8.51. The second-order valence-corrected chi connectivity index (χ2v) is 11.7. The Morgan fingerprint density at radius 3 is 2.24 bits per heavy atom. The number of nitrogens with one attached hydrogen (secondary N) is 1. The third-order valence-electron chi connectivity index (χ3n) is 7.98. The first kappa shape index (κ1) is 26.5. The summed E-state index contributed by atoms with van der Waals surface area (Å²) < 4.78 is 0.926. The number of benzene rings is 3. The molecule has 2 aliphatic rings. The zero-order chi connectivity index (χ0) is 26.5. The van der Waals surface area contributed by atoms with Crippen LogP contribution < -0.4 is 10.2 Å². The van der Waals surface area contributed by atoms with E-state index < -0.39 is 0 Å². The molecule has 0 spiro atoms. The van der Waals surface area contributed by atoms with Crippen LogP contribution in [0.5, 0.6) is 0 Å². The lowest BCUT2D eigenvalue weighted by Crippen LogP contribution is -2.40. The molecule has 0 aliphatic carbocycles. The highest BCUT2D eigenvalue weighted by Gasteiger charge is 2.27. The van der Waals surface area contributed by atoms with E-state index in [0.717, 1.165) is 68.4 Å². The van der Waals surface area contributed by atoms with Crippen LogP contribution in [-0.2, 0) is 6.42 Å². The minimum absolute atomic E-state index is 0.0676. The smallest absolute Gasteiger partial charge is 0.256 e. The molecule has 0 unspecified atom stereocenters. The van der Waals surface area contributed by atoms with Gasteiger partial charge in [0.15, 0.2) is 0 Å². The summed E-state index contributed by atoms with van der Waals surface area (Å²) in [6.07, 6.45) is 5.38. The maximum absolute atomic E-state index is 13.8. The second kappa shape index (κ2) is 12.2. The predicted octanol–water partition coefficient (Wildman–Crippen LogP) is 7.03. The Morgan fingerprint density at radius 2 is 1.55 bits per heavy atom. The molecule has 2 amide bonds. The van der Waals surface area contributed by atoms with Crippen LogP contribution in [0.1, 0.15) is 58.9 Å². The summed E-state index contributed by atoms with van der Waals surface area (Å²) in [5.41, 5.74) is 4.29. The topological polar surface area (TPSA) is 52.7 Å². The molecule has 0 saturated carbocycles. The molecule has 0 bridgehead atoms. The van der Waals surface area contributed by atoms with Crippen LogP contribution in [0.15, 0.2) is 77.3 Å². The number of piperidine rings is 2. The van der Waals surface area contributed by atoms with Gasteiger partial charge in [0, 0.05) is 47.6 Å². The molecular formula is C32H36BrN3O2. The van der Waals surface area contributed by atoms with Crippen LogP contribution >= 0.6 is 15.9 Å². The molecule has 3 aromatic rings. The van der Waals surface area contributed by atoms with E-state index >= 15 is 0 Å². The molecule has 0 atom stereocenters. The van der Waals surface area contributed by atoms with Gasteiger partial charge < -0.3 is 15.1 Å². The summed E-state index contributed by atoms with van der Waals surface area (Å²) in [5, 5.41) is 3.00. The molecule has 0 aromatic heterocycles. The van der Waals surface area contributed by atoms with E-state index in [2.05, 4.69) is 63.4 Å². The highest BCUT2D eigenvalue weighted by atomic mass is 79.9. The Morgan fingerprint density at radius 1 is 0.868 bits per heavy atom. The fourth-order valence-electron chi connectivity index (χ4n) is 5.57. The Balaban J connectivity index is 1.34. The number of hydrogen-bond donors (Lipinski definition) is 1. The summed E-state index contributed by atoms with van der Waals surface area (Å²) in [6.45, 7) is 5.69. The minimum Gasteiger partial charge on any atom is -0.371 e. The zero-order valence-corrected chi connectivity index (χ0v) is 23.6. The first-order chi connectivity index (χ1) is 18.5. The number of nitrogens with zero attached hydrogens (tertiary/aromatic N) is 2. The summed E-state index contributed by atoms with van der Waals surface area (Å²) in [6, 6.07) is 23.8. The first-order valence-electron chi connectivity index (χ1n) is 13.8. The number of carbonyl (C=O) groups excluding carboxylic acids is 2. The molecule has 3 aromatic carbocycles. The molecule has 5 rings (SSSR count). The average molecular weight is 575 g/mol. The predicted molar refractivity (Wildman–Crippen MR) is 158 cm³/mol. The maximum Gasteiger partial charge on any atom is 0.256 e. The van der Waals surface area contributed by atoms with Crippen molar-refractivity contribution in [3.63, 3.8) is 0 Å². The van der Waals surface area contributed by atoms with Gasteiger partial charge in [-0.2, -0.15) is 0 Å². The quantitative estimate of drug-likeness (QED) is 0.344. The van der Waals surface area contributed by atoms with Gasteiger partial charge in [0.1, 0.15) is 0 Å². The van der Waals surface area contributed by atoms with Gasteiger partial charge in [-0.25, -0.2) is 0 Å². The molecular weight excluding hydrogens is 538 g/mol. The maximum atomic E-state index is 13.8. The number of hydrogen-bond acceptors (Lipinski definition) is 3. The number of rotatable bonds is 6. The number of anilines is 2. The SMILES string of the molecule is CC1CCN(C(=O)c2cc(NC(=O)c3ccc(Br)cc3)ccc2N2CCC(Cc3ccccc3)CC2)CC1. The van der Waals surface area contributed by atoms with Crippen molar-refractivity contribution in [2.75, 3.05) is 36.4 Å². The lowest BCUT2D eigenvalue weighted by Gasteiger charge is -2.36. The van der Waals surface area contributed by atoms with Gasteiger partial charge in [0.25, 0.3) is 11.8 Å². The van der Waals surface area contributed by atoms with Crippen LogP contribution in [0.4, 0.5) is 11.4 Å². The zero-order valence-electron chi connectivity index (χ0n) is 22.0. The van der Waals surface area contributed by atoms with Crippen molar-refractivity contribution in [1.29, 1.82) is 0 Å². The fourth-order valence-corrected chi connectivity index (χ4v) is 5.84. The standard InChI is InChI=1S/C32H36BrN3O2/c1-23-13-17-36(18-14-23)32(38)29-22-28(34-31(37)26-7-9-27(33)10-8-26)11-12-30(29)35-19-15-25(16-20-35)21-24-5-3-2-4-6-24/h2-12,22-23,25H,13-21H2,1H3,(H,34,37). The Labute approximate surface area is 234 Å². The number of amides is 2.